The Labute approximate surface area is 170 Å². The number of anilines is 1. The van der Waals surface area contributed by atoms with E-state index in [9.17, 15) is 0 Å². The lowest BCUT2D eigenvalue weighted by molar-refractivity contribution is 0.121. The topological polar surface area (TPSA) is 47.7 Å². The highest BCUT2D eigenvalue weighted by molar-refractivity contribution is 7.71. The molecule has 0 aliphatic carbocycles. The van der Waals surface area contributed by atoms with Crippen molar-refractivity contribution in [1.29, 1.82) is 0 Å². The van der Waals surface area contributed by atoms with Crippen LogP contribution in [0.4, 0.5) is 5.95 Å². The van der Waals surface area contributed by atoms with Crippen molar-refractivity contribution in [2.45, 2.75) is 26.7 Å². The maximum Gasteiger partial charge on any atom is 0.226 e. The molecular formula is C18H26ClN5O2S. The molecule has 1 aliphatic rings. The summed E-state index contributed by atoms with van der Waals surface area (Å²) < 4.78 is 15.6. The van der Waals surface area contributed by atoms with E-state index >= 15 is 0 Å². The summed E-state index contributed by atoms with van der Waals surface area (Å²) in [6.45, 7) is 7.25. The average molecular weight is 412 g/mol. The van der Waals surface area contributed by atoms with Crippen LogP contribution >= 0.6 is 23.8 Å². The van der Waals surface area contributed by atoms with Crippen LogP contribution in [0.5, 0.6) is 5.75 Å². The van der Waals surface area contributed by atoms with Gasteiger partial charge >= 0.3 is 0 Å². The summed E-state index contributed by atoms with van der Waals surface area (Å²) in [4.78, 5) is 4.37. The molecule has 2 aromatic rings. The molecule has 9 heteroatoms. The molecule has 0 spiro atoms. The van der Waals surface area contributed by atoms with Crippen LogP contribution in [0.1, 0.15) is 12.5 Å². The molecule has 1 aliphatic heterocycles. The van der Waals surface area contributed by atoms with Gasteiger partial charge in [-0.1, -0.05) is 11.6 Å². The first kappa shape index (κ1) is 20.1. The van der Waals surface area contributed by atoms with Gasteiger partial charge in [-0.25, -0.2) is 4.68 Å². The van der Waals surface area contributed by atoms with E-state index in [0.29, 0.717) is 18.2 Å². The fourth-order valence-electron chi connectivity index (χ4n) is 3.24. The second-order valence-corrected chi connectivity index (χ2v) is 7.34. The van der Waals surface area contributed by atoms with Gasteiger partial charge in [-0.3, -0.25) is 9.47 Å². The fourth-order valence-corrected chi connectivity index (χ4v) is 3.74. The molecule has 2 heterocycles. The smallest absolute Gasteiger partial charge is 0.226 e. The van der Waals surface area contributed by atoms with Crippen molar-refractivity contribution in [3.8, 4) is 5.75 Å². The van der Waals surface area contributed by atoms with E-state index in [1.807, 2.05) is 29.9 Å². The van der Waals surface area contributed by atoms with Crippen LogP contribution in [0.3, 0.4) is 0 Å². The van der Waals surface area contributed by atoms with Crippen molar-refractivity contribution < 1.29 is 9.47 Å². The monoisotopic (exact) mass is 411 g/mol. The predicted molar refractivity (Wildman–Crippen MR) is 109 cm³/mol. The van der Waals surface area contributed by atoms with E-state index in [4.69, 9.17) is 38.4 Å². The van der Waals surface area contributed by atoms with E-state index in [0.717, 1.165) is 54.9 Å². The molecule has 27 heavy (non-hydrogen) atoms. The zero-order valence-electron chi connectivity index (χ0n) is 16.0. The number of nitrogens with zero attached hydrogens (tertiary/aromatic N) is 5. The number of ether oxygens (including phenoxy) is 2. The van der Waals surface area contributed by atoms with E-state index in [1.165, 1.54) is 0 Å². The number of morpholine rings is 1. The normalized spacial score (nSPS) is 14.8. The van der Waals surface area contributed by atoms with Crippen LogP contribution in [0, 0.1) is 4.77 Å². The van der Waals surface area contributed by atoms with Gasteiger partial charge in [-0.05, 0) is 44.4 Å². The minimum atomic E-state index is 0.582. The fraction of sp³-hybridized carbons (Fsp3) is 0.556. The molecule has 0 amide bonds. The third kappa shape index (κ3) is 4.63. The lowest BCUT2D eigenvalue weighted by Gasteiger charge is -2.27. The van der Waals surface area contributed by atoms with Gasteiger partial charge in [0.05, 0.1) is 27.0 Å². The molecular weight excluding hydrogens is 386 g/mol. The van der Waals surface area contributed by atoms with Gasteiger partial charge in [0.1, 0.15) is 5.75 Å². The number of benzene rings is 1. The zero-order chi connectivity index (χ0) is 19.4. The summed E-state index contributed by atoms with van der Waals surface area (Å²) in [6.07, 6.45) is 0. The Kier molecular flexibility index (Phi) is 6.75. The first-order valence-corrected chi connectivity index (χ1v) is 9.83. The van der Waals surface area contributed by atoms with Gasteiger partial charge in [0.15, 0.2) is 0 Å². The van der Waals surface area contributed by atoms with Crippen molar-refractivity contribution in [1.82, 2.24) is 19.2 Å². The molecule has 1 fully saturated rings. The van der Waals surface area contributed by atoms with Crippen molar-refractivity contribution in [3.63, 3.8) is 0 Å². The Morgan fingerprint density at radius 1 is 1.33 bits per heavy atom. The molecule has 0 radical (unpaired) electrons. The van der Waals surface area contributed by atoms with Crippen LogP contribution in [-0.4, -0.2) is 59.7 Å². The van der Waals surface area contributed by atoms with Crippen LogP contribution in [0.15, 0.2) is 18.2 Å². The molecule has 148 valence electrons. The molecule has 1 saturated heterocycles. The summed E-state index contributed by atoms with van der Waals surface area (Å²) in [5.74, 6) is 1.74. The van der Waals surface area contributed by atoms with Gasteiger partial charge < -0.3 is 14.4 Å². The minimum Gasteiger partial charge on any atom is -0.496 e. The Balaban J connectivity index is 1.78. The third-order valence-electron chi connectivity index (χ3n) is 4.57. The molecule has 1 aromatic heterocycles. The lowest BCUT2D eigenvalue weighted by Crippen LogP contribution is -2.38. The first-order valence-electron chi connectivity index (χ1n) is 9.04. The Morgan fingerprint density at radius 3 is 2.74 bits per heavy atom. The zero-order valence-corrected chi connectivity index (χ0v) is 17.6. The van der Waals surface area contributed by atoms with E-state index < -0.39 is 0 Å². The summed E-state index contributed by atoms with van der Waals surface area (Å²) in [6, 6.07) is 5.65. The minimum absolute atomic E-state index is 0.582. The number of hydrogen-bond acceptors (Lipinski definition) is 6. The van der Waals surface area contributed by atoms with Crippen molar-refractivity contribution in [3.05, 3.63) is 33.6 Å². The van der Waals surface area contributed by atoms with Crippen LogP contribution in [0.25, 0.3) is 0 Å². The lowest BCUT2D eigenvalue weighted by atomic mass is 10.2. The predicted octanol–water partition coefficient (Wildman–Crippen LogP) is 3.02. The number of rotatable bonds is 7. The molecule has 0 unspecified atom stereocenters. The quantitative estimate of drug-likeness (QED) is 0.653. The van der Waals surface area contributed by atoms with Crippen molar-refractivity contribution in [2.75, 3.05) is 45.4 Å². The van der Waals surface area contributed by atoms with E-state index in [1.54, 1.807) is 7.11 Å². The van der Waals surface area contributed by atoms with Gasteiger partial charge in [0.25, 0.3) is 0 Å². The second kappa shape index (κ2) is 9.05. The van der Waals surface area contributed by atoms with Gasteiger partial charge in [0, 0.05) is 36.8 Å². The average Bonchev–Trinajstić information content (AvgIpc) is 2.98. The molecule has 0 bridgehead atoms. The SMILES string of the molecule is CCn1c(N2CCOCC2)nn(CN(C)Cc2cc(Cl)ccc2OC)c1=S. The number of halogens is 1. The highest BCUT2D eigenvalue weighted by Gasteiger charge is 2.19. The summed E-state index contributed by atoms with van der Waals surface area (Å²) in [5.41, 5.74) is 1.03. The van der Waals surface area contributed by atoms with Crippen LogP contribution in [0.2, 0.25) is 5.02 Å². The highest BCUT2D eigenvalue weighted by atomic mass is 35.5. The summed E-state index contributed by atoms with van der Waals surface area (Å²) in [5, 5.41) is 5.49. The van der Waals surface area contributed by atoms with E-state index in [2.05, 4.69) is 21.3 Å². The molecule has 0 saturated carbocycles. The first-order chi connectivity index (χ1) is 13.0. The standard InChI is InChI=1S/C18H26ClN5O2S/c1-4-23-17(22-7-9-26-10-8-22)20-24(18(23)27)13-21(2)12-14-11-15(19)5-6-16(14)25-3/h5-6,11H,4,7-10,12-13H2,1-3H3. The third-order valence-corrected chi connectivity index (χ3v) is 5.24. The maximum atomic E-state index is 6.14. The highest BCUT2D eigenvalue weighted by Crippen LogP contribution is 2.24. The number of hydrogen-bond donors (Lipinski definition) is 0. The summed E-state index contributed by atoms with van der Waals surface area (Å²) >= 11 is 11.8. The van der Waals surface area contributed by atoms with Crippen molar-refractivity contribution in [2.24, 2.45) is 0 Å². The van der Waals surface area contributed by atoms with Crippen LogP contribution < -0.4 is 9.64 Å². The number of methoxy groups -OCH3 is 1. The molecule has 3 rings (SSSR count). The van der Waals surface area contributed by atoms with Gasteiger partial charge in [-0.2, -0.15) is 0 Å². The van der Waals surface area contributed by atoms with E-state index in [-0.39, 0.29) is 0 Å². The van der Waals surface area contributed by atoms with Crippen LogP contribution in [-0.2, 0) is 24.5 Å². The molecule has 7 nitrogen and oxygen atoms in total. The largest absolute Gasteiger partial charge is 0.496 e. The second-order valence-electron chi connectivity index (χ2n) is 6.54. The van der Waals surface area contributed by atoms with Gasteiger partial charge in [-0.15, -0.1) is 5.10 Å². The molecule has 0 atom stereocenters. The summed E-state index contributed by atoms with van der Waals surface area (Å²) in [7, 11) is 3.70. The Bertz CT molecular complexity index is 832. The molecule has 0 N–H and O–H groups in total. The number of aromatic nitrogens is 3. The molecule has 1 aromatic carbocycles. The maximum absolute atomic E-state index is 6.14. The van der Waals surface area contributed by atoms with Crippen molar-refractivity contribution >= 4 is 29.8 Å². The Hall–Kier alpha value is -1.61. The van der Waals surface area contributed by atoms with Gasteiger partial charge in [0.2, 0.25) is 10.7 Å². The Morgan fingerprint density at radius 2 is 2.07 bits per heavy atom.